The molecule has 4 aromatic rings. The number of carboxylic acid groups (broad SMARTS) is 1. The Kier molecular flexibility index (Phi) is 6.06. The van der Waals surface area contributed by atoms with E-state index in [1.54, 1.807) is 10.9 Å². The summed E-state index contributed by atoms with van der Waals surface area (Å²) in [6.07, 6.45) is 2.10. The summed E-state index contributed by atoms with van der Waals surface area (Å²) in [5, 5.41) is 12.3. The summed E-state index contributed by atoms with van der Waals surface area (Å²) >= 11 is 0. The van der Waals surface area contributed by atoms with Gasteiger partial charge in [-0.2, -0.15) is 0 Å². The smallest absolute Gasteiger partial charge is 0.413 e. The van der Waals surface area contributed by atoms with Gasteiger partial charge in [0.1, 0.15) is 18.2 Å². The van der Waals surface area contributed by atoms with Crippen molar-refractivity contribution in [3.63, 3.8) is 0 Å². The molecule has 0 bridgehead atoms. The summed E-state index contributed by atoms with van der Waals surface area (Å²) in [6, 6.07) is 25.2. The van der Waals surface area contributed by atoms with E-state index >= 15 is 0 Å². The van der Waals surface area contributed by atoms with Crippen molar-refractivity contribution in [2.24, 2.45) is 0 Å². The topological polar surface area (TPSA) is 93.5 Å². The van der Waals surface area contributed by atoms with Gasteiger partial charge in [-0.3, -0.25) is 14.7 Å². The standard InChI is InChI=1S/C29H27N3O4/c1-19-26(31-28(35)36-20(2)21-6-4-3-5-7-21)32(18-30-19)25-14-10-23(11-15-25)22-8-12-24(13-9-22)29(16-17-29)27(33)34/h3-15,18,20H,16-17H2,1-2H3,(H,31,35)(H,33,34)/t20-/m1/s1. The van der Waals surface area contributed by atoms with Crippen molar-refractivity contribution >= 4 is 17.9 Å². The fourth-order valence-corrected chi connectivity index (χ4v) is 4.41. The van der Waals surface area contributed by atoms with Crippen molar-refractivity contribution in [2.75, 3.05) is 5.32 Å². The highest BCUT2D eigenvalue weighted by Crippen LogP contribution is 2.48. The zero-order valence-electron chi connectivity index (χ0n) is 20.1. The Morgan fingerprint density at radius 2 is 1.58 bits per heavy atom. The number of carboxylic acids is 1. The van der Waals surface area contributed by atoms with E-state index in [0.29, 0.717) is 24.4 Å². The van der Waals surface area contributed by atoms with Crippen molar-refractivity contribution in [2.45, 2.75) is 38.2 Å². The van der Waals surface area contributed by atoms with E-state index in [1.807, 2.05) is 92.7 Å². The van der Waals surface area contributed by atoms with E-state index in [4.69, 9.17) is 4.74 Å². The van der Waals surface area contributed by atoms with Gasteiger partial charge in [-0.25, -0.2) is 9.78 Å². The molecular weight excluding hydrogens is 454 g/mol. The van der Waals surface area contributed by atoms with E-state index in [2.05, 4.69) is 10.3 Å². The number of ether oxygens (including phenoxy) is 1. The molecule has 1 heterocycles. The molecule has 2 N–H and O–H groups in total. The first kappa shape index (κ1) is 23.4. The van der Waals surface area contributed by atoms with Crippen LogP contribution in [0, 0.1) is 6.92 Å². The van der Waals surface area contributed by atoms with Crippen LogP contribution >= 0.6 is 0 Å². The zero-order chi connectivity index (χ0) is 25.3. The summed E-state index contributed by atoms with van der Waals surface area (Å²) < 4.78 is 7.36. The molecule has 0 unspecified atom stereocenters. The monoisotopic (exact) mass is 481 g/mol. The molecular formula is C29H27N3O4. The number of aliphatic carboxylic acids is 1. The molecule has 0 aliphatic heterocycles. The molecule has 182 valence electrons. The normalized spacial score (nSPS) is 14.6. The number of anilines is 1. The lowest BCUT2D eigenvalue weighted by atomic mass is 9.94. The lowest BCUT2D eigenvalue weighted by Gasteiger charge is -2.16. The van der Waals surface area contributed by atoms with Crippen LogP contribution in [-0.4, -0.2) is 26.7 Å². The second kappa shape index (κ2) is 9.34. The van der Waals surface area contributed by atoms with Gasteiger partial charge >= 0.3 is 12.1 Å². The molecule has 1 amide bonds. The number of aromatic nitrogens is 2. The van der Waals surface area contributed by atoms with Crippen molar-refractivity contribution in [1.29, 1.82) is 0 Å². The Balaban J connectivity index is 1.30. The van der Waals surface area contributed by atoms with Crippen LogP contribution in [0.5, 0.6) is 0 Å². The summed E-state index contributed by atoms with van der Waals surface area (Å²) in [7, 11) is 0. The average molecular weight is 482 g/mol. The molecule has 0 spiro atoms. The van der Waals surface area contributed by atoms with E-state index in [0.717, 1.165) is 27.9 Å². The van der Waals surface area contributed by atoms with Crippen LogP contribution in [0.2, 0.25) is 0 Å². The first-order valence-corrected chi connectivity index (χ1v) is 11.9. The van der Waals surface area contributed by atoms with Crippen LogP contribution < -0.4 is 5.32 Å². The molecule has 1 aliphatic carbocycles. The van der Waals surface area contributed by atoms with Gasteiger partial charge in [0.2, 0.25) is 0 Å². The fraction of sp³-hybridized carbons (Fsp3) is 0.207. The lowest BCUT2D eigenvalue weighted by Crippen LogP contribution is -2.19. The second-order valence-electron chi connectivity index (χ2n) is 9.14. The number of carbonyl (C=O) groups excluding carboxylic acids is 1. The third kappa shape index (κ3) is 4.47. The van der Waals surface area contributed by atoms with Gasteiger partial charge in [0.25, 0.3) is 0 Å². The number of hydrogen-bond acceptors (Lipinski definition) is 4. The molecule has 1 fully saturated rings. The van der Waals surface area contributed by atoms with Crippen molar-refractivity contribution < 1.29 is 19.4 Å². The SMILES string of the molecule is Cc1ncn(-c2ccc(-c3ccc(C4(C(=O)O)CC4)cc3)cc2)c1NC(=O)O[C@H](C)c1ccccc1. The van der Waals surface area contributed by atoms with Gasteiger partial charge in [0, 0.05) is 5.69 Å². The Hall–Kier alpha value is -4.39. The Bertz CT molecular complexity index is 1390. The lowest BCUT2D eigenvalue weighted by molar-refractivity contribution is -0.140. The molecule has 1 aromatic heterocycles. The van der Waals surface area contributed by atoms with Gasteiger partial charge in [-0.1, -0.05) is 66.7 Å². The molecule has 0 radical (unpaired) electrons. The number of hydrogen-bond donors (Lipinski definition) is 2. The number of aryl methyl sites for hydroxylation is 1. The zero-order valence-corrected chi connectivity index (χ0v) is 20.1. The molecule has 7 heteroatoms. The Morgan fingerprint density at radius 1 is 0.972 bits per heavy atom. The third-order valence-corrected chi connectivity index (χ3v) is 6.80. The van der Waals surface area contributed by atoms with Crippen LogP contribution in [0.15, 0.2) is 85.2 Å². The average Bonchev–Trinajstić information content (AvgIpc) is 3.64. The maximum Gasteiger partial charge on any atom is 0.413 e. The number of imidazole rings is 1. The molecule has 1 aliphatic rings. The predicted molar refractivity (Wildman–Crippen MR) is 137 cm³/mol. The number of carbonyl (C=O) groups is 2. The summed E-state index contributed by atoms with van der Waals surface area (Å²) in [5.74, 6) is -0.209. The van der Waals surface area contributed by atoms with Crippen LogP contribution in [-0.2, 0) is 14.9 Å². The number of nitrogens with one attached hydrogen (secondary N) is 1. The molecule has 5 rings (SSSR count). The van der Waals surface area contributed by atoms with Gasteiger partial charge in [0.15, 0.2) is 0 Å². The minimum Gasteiger partial charge on any atom is -0.481 e. The largest absolute Gasteiger partial charge is 0.481 e. The van der Waals surface area contributed by atoms with Gasteiger partial charge in [0.05, 0.1) is 11.1 Å². The second-order valence-corrected chi connectivity index (χ2v) is 9.14. The highest BCUT2D eigenvalue weighted by atomic mass is 16.6. The minimum absolute atomic E-state index is 0.390. The number of rotatable bonds is 7. The first-order valence-electron chi connectivity index (χ1n) is 11.9. The molecule has 3 aromatic carbocycles. The Labute approximate surface area is 209 Å². The number of nitrogens with zero attached hydrogens (tertiary/aromatic N) is 2. The third-order valence-electron chi connectivity index (χ3n) is 6.80. The maximum atomic E-state index is 12.6. The summed E-state index contributed by atoms with van der Waals surface area (Å²) in [6.45, 7) is 3.66. The summed E-state index contributed by atoms with van der Waals surface area (Å²) in [4.78, 5) is 28.5. The van der Waals surface area contributed by atoms with Crippen molar-refractivity contribution in [3.8, 4) is 16.8 Å². The summed E-state index contributed by atoms with van der Waals surface area (Å²) in [5.41, 5.74) is 4.59. The van der Waals surface area contributed by atoms with Crippen LogP contribution in [0.4, 0.5) is 10.6 Å². The number of amides is 1. The van der Waals surface area contributed by atoms with Gasteiger partial charge < -0.3 is 9.84 Å². The first-order chi connectivity index (χ1) is 17.4. The Morgan fingerprint density at radius 3 is 2.17 bits per heavy atom. The molecule has 7 nitrogen and oxygen atoms in total. The van der Waals surface area contributed by atoms with Crippen molar-refractivity contribution in [1.82, 2.24) is 9.55 Å². The molecule has 1 atom stereocenters. The van der Waals surface area contributed by atoms with Gasteiger partial charge in [-0.05, 0) is 61.1 Å². The highest BCUT2D eigenvalue weighted by Gasteiger charge is 2.51. The minimum atomic E-state index is -0.752. The molecule has 36 heavy (non-hydrogen) atoms. The molecule has 0 saturated heterocycles. The van der Waals surface area contributed by atoms with E-state index in [-0.39, 0.29) is 6.10 Å². The fourth-order valence-electron chi connectivity index (χ4n) is 4.41. The van der Waals surface area contributed by atoms with Crippen LogP contribution in [0.25, 0.3) is 16.8 Å². The van der Waals surface area contributed by atoms with Crippen LogP contribution in [0.3, 0.4) is 0 Å². The maximum absolute atomic E-state index is 12.6. The van der Waals surface area contributed by atoms with Gasteiger partial charge in [-0.15, -0.1) is 0 Å². The van der Waals surface area contributed by atoms with Crippen molar-refractivity contribution in [3.05, 3.63) is 102 Å². The van der Waals surface area contributed by atoms with E-state index < -0.39 is 17.5 Å². The van der Waals surface area contributed by atoms with Crippen LogP contribution in [0.1, 0.15) is 42.7 Å². The van der Waals surface area contributed by atoms with E-state index in [1.165, 1.54) is 0 Å². The van der Waals surface area contributed by atoms with E-state index in [9.17, 15) is 14.7 Å². The highest BCUT2D eigenvalue weighted by molar-refractivity contribution is 5.86. The number of benzene rings is 3. The predicted octanol–water partition coefficient (Wildman–Crippen LogP) is 6.27. The quantitative estimate of drug-likeness (QED) is 0.324. The molecule has 1 saturated carbocycles.